The lowest BCUT2D eigenvalue weighted by atomic mass is 10.2. The van der Waals surface area contributed by atoms with Crippen LogP contribution in [0, 0.1) is 6.92 Å². The van der Waals surface area contributed by atoms with E-state index < -0.39 is 0 Å². The van der Waals surface area contributed by atoms with Gasteiger partial charge < -0.3 is 9.64 Å². The number of rotatable bonds is 6. The number of aromatic nitrogens is 2. The quantitative estimate of drug-likeness (QED) is 0.374. The van der Waals surface area contributed by atoms with Crippen molar-refractivity contribution in [1.82, 2.24) is 14.3 Å². The van der Waals surface area contributed by atoms with Gasteiger partial charge in [0.25, 0.3) is 11.5 Å². The molecule has 0 radical (unpaired) electrons. The van der Waals surface area contributed by atoms with E-state index in [2.05, 4.69) is 11.8 Å². The molecule has 0 unspecified atom stereocenters. The summed E-state index contributed by atoms with van der Waals surface area (Å²) in [5.41, 5.74) is 1.77. The summed E-state index contributed by atoms with van der Waals surface area (Å²) in [7, 11) is 0. The molecular formula is C22H26N4O3S2. The molecule has 2 aliphatic heterocycles. The predicted molar refractivity (Wildman–Crippen MR) is 129 cm³/mol. The third kappa shape index (κ3) is 4.53. The van der Waals surface area contributed by atoms with Crippen molar-refractivity contribution in [1.29, 1.82) is 0 Å². The molecule has 164 valence electrons. The summed E-state index contributed by atoms with van der Waals surface area (Å²) in [5, 5.41) is 0. The molecule has 7 nitrogen and oxygen atoms in total. The number of hydrogen-bond acceptors (Lipinski definition) is 7. The molecule has 0 atom stereocenters. The molecule has 2 fully saturated rings. The molecule has 2 aliphatic rings. The topological polar surface area (TPSA) is 67.2 Å². The van der Waals surface area contributed by atoms with Gasteiger partial charge in [0.15, 0.2) is 0 Å². The number of morpholine rings is 1. The summed E-state index contributed by atoms with van der Waals surface area (Å²) in [6.07, 6.45) is 6.49. The molecule has 2 aromatic heterocycles. The van der Waals surface area contributed by atoms with Crippen LogP contribution in [0.3, 0.4) is 0 Å². The van der Waals surface area contributed by atoms with E-state index in [1.54, 1.807) is 21.6 Å². The highest BCUT2D eigenvalue weighted by molar-refractivity contribution is 8.26. The summed E-state index contributed by atoms with van der Waals surface area (Å²) in [6.45, 7) is 7.12. The van der Waals surface area contributed by atoms with Gasteiger partial charge in [-0.2, -0.15) is 0 Å². The van der Waals surface area contributed by atoms with E-state index in [-0.39, 0.29) is 11.5 Å². The standard InChI is InChI=1S/C22H26N4O3S2/c1-3-4-5-8-25-21(28)17(31-22(25)30)13-16-19(24-9-11-29-12-10-24)23-18-7-6-15(2)14-26(18)20(16)27/h6-7,13-14H,3-5,8-12H2,1-2H3/b17-13+. The number of nitrogens with zero attached hydrogens (tertiary/aromatic N) is 4. The SMILES string of the molecule is CCCCCN1C(=O)/C(=C\c2c(N3CCOCC3)nc3ccc(C)cn3c2=O)SC1=S. The molecule has 4 heterocycles. The van der Waals surface area contributed by atoms with Crippen LogP contribution in [0.1, 0.15) is 37.3 Å². The minimum atomic E-state index is -0.188. The van der Waals surface area contributed by atoms with Crippen LogP contribution in [0.4, 0.5) is 5.82 Å². The average molecular weight is 459 g/mol. The Balaban J connectivity index is 1.78. The van der Waals surface area contributed by atoms with Crippen LogP contribution in [0.5, 0.6) is 0 Å². The highest BCUT2D eigenvalue weighted by Gasteiger charge is 2.32. The molecule has 9 heteroatoms. The van der Waals surface area contributed by atoms with Crippen molar-refractivity contribution in [2.75, 3.05) is 37.7 Å². The van der Waals surface area contributed by atoms with E-state index in [1.807, 2.05) is 19.1 Å². The summed E-state index contributed by atoms with van der Waals surface area (Å²) in [6, 6.07) is 3.78. The van der Waals surface area contributed by atoms with Crippen molar-refractivity contribution >= 4 is 51.7 Å². The molecule has 2 aromatic rings. The summed E-state index contributed by atoms with van der Waals surface area (Å²) in [4.78, 5) is 35.4. The summed E-state index contributed by atoms with van der Waals surface area (Å²) < 4.78 is 7.56. The van der Waals surface area contributed by atoms with Gasteiger partial charge in [-0.25, -0.2) is 4.98 Å². The van der Waals surface area contributed by atoms with Crippen molar-refractivity contribution in [3.8, 4) is 0 Å². The van der Waals surface area contributed by atoms with Crippen molar-refractivity contribution < 1.29 is 9.53 Å². The molecule has 0 saturated carbocycles. The van der Waals surface area contributed by atoms with Gasteiger partial charge in [-0.05, 0) is 31.1 Å². The first-order valence-electron chi connectivity index (χ1n) is 10.6. The van der Waals surface area contributed by atoms with Crippen LogP contribution in [0.15, 0.2) is 28.0 Å². The van der Waals surface area contributed by atoms with Gasteiger partial charge >= 0.3 is 0 Å². The Labute approximate surface area is 191 Å². The second kappa shape index (κ2) is 9.50. The van der Waals surface area contributed by atoms with Crippen LogP contribution < -0.4 is 10.5 Å². The number of carbonyl (C=O) groups is 1. The minimum Gasteiger partial charge on any atom is -0.378 e. The molecule has 0 aliphatic carbocycles. The zero-order valence-electron chi connectivity index (χ0n) is 17.8. The first kappa shape index (κ1) is 22.0. The molecule has 0 spiro atoms. The second-order valence-electron chi connectivity index (χ2n) is 7.73. The third-order valence-corrected chi connectivity index (χ3v) is 6.81. The Morgan fingerprint density at radius 2 is 2.00 bits per heavy atom. The Morgan fingerprint density at radius 1 is 1.23 bits per heavy atom. The van der Waals surface area contributed by atoms with Crippen molar-refractivity contribution in [2.24, 2.45) is 0 Å². The number of thiocarbonyl (C=S) groups is 1. The van der Waals surface area contributed by atoms with Gasteiger partial charge in [0.1, 0.15) is 15.8 Å². The number of hydrogen-bond donors (Lipinski definition) is 0. The first-order valence-corrected chi connectivity index (χ1v) is 11.8. The molecular weight excluding hydrogens is 432 g/mol. The second-order valence-corrected chi connectivity index (χ2v) is 9.40. The van der Waals surface area contributed by atoms with E-state index in [0.29, 0.717) is 59.1 Å². The Morgan fingerprint density at radius 3 is 2.74 bits per heavy atom. The Kier molecular flexibility index (Phi) is 6.74. The number of anilines is 1. The summed E-state index contributed by atoms with van der Waals surface area (Å²) >= 11 is 6.70. The van der Waals surface area contributed by atoms with Gasteiger partial charge in [-0.1, -0.05) is 49.8 Å². The Hall–Kier alpha value is -2.23. The Bertz CT molecular complexity index is 1110. The van der Waals surface area contributed by atoms with Crippen LogP contribution in [-0.2, 0) is 9.53 Å². The molecule has 31 heavy (non-hydrogen) atoms. The van der Waals surface area contributed by atoms with Gasteiger partial charge in [0, 0.05) is 25.8 Å². The maximum Gasteiger partial charge on any atom is 0.267 e. The number of ether oxygens (including phenoxy) is 1. The number of aryl methyl sites for hydroxylation is 1. The van der Waals surface area contributed by atoms with E-state index in [9.17, 15) is 9.59 Å². The number of thioether (sulfide) groups is 1. The average Bonchev–Trinajstić information content (AvgIpc) is 3.04. The van der Waals surface area contributed by atoms with E-state index in [1.165, 1.54) is 11.8 Å². The third-order valence-electron chi connectivity index (χ3n) is 5.43. The molecule has 4 rings (SSSR count). The van der Waals surface area contributed by atoms with Gasteiger partial charge in [-0.15, -0.1) is 0 Å². The highest BCUT2D eigenvalue weighted by atomic mass is 32.2. The molecule has 0 N–H and O–H groups in total. The van der Waals surface area contributed by atoms with Crippen LogP contribution >= 0.6 is 24.0 Å². The minimum absolute atomic E-state index is 0.132. The maximum atomic E-state index is 13.5. The fourth-order valence-corrected chi connectivity index (χ4v) is 5.02. The monoisotopic (exact) mass is 458 g/mol. The number of fused-ring (bicyclic) bond motifs is 1. The lowest BCUT2D eigenvalue weighted by molar-refractivity contribution is -0.122. The van der Waals surface area contributed by atoms with Gasteiger partial charge in [-0.3, -0.25) is 18.9 Å². The first-order chi connectivity index (χ1) is 15.0. The van der Waals surface area contributed by atoms with Crippen LogP contribution in [-0.4, -0.2) is 57.4 Å². The predicted octanol–water partition coefficient (Wildman–Crippen LogP) is 3.23. The van der Waals surface area contributed by atoms with Crippen molar-refractivity contribution in [2.45, 2.75) is 33.1 Å². The summed E-state index contributed by atoms with van der Waals surface area (Å²) in [5.74, 6) is 0.459. The lowest BCUT2D eigenvalue weighted by Gasteiger charge is -2.29. The van der Waals surface area contributed by atoms with E-state index in [4.69, 9.17) is 21.9 Å². The smallest absolute Gasteiger partial charge is 0.267 e. The zero-order chi connectivity index (χ0) is 22.0. The molecule has 0 aromatic carbocycles. The van der Waals surface area contributed by atoms with Crippen LogP contribution in [0.2, 0.25) is 0 Å². The van der Waals surface area contributed by atoms with Gasteiger partial charge in [0.05, 0.1) is 23.7 Å². The van der Waals surface area contributed by atoms with E-state index in [0.717, 1.165) is 24.8 Å². The fourth-order valence-electron chi connectivity index (χ4n) is 3.73. The zero-order valence-corrected chi connectivity index (χ0v) is 19.4. The largest absolute Gasteiger partial charge is 0.378 e. The van der Waals surface area contributed by atoms with E-state index >= 15 is 0 Å². The highest BCUT2D eigenvalue weighted by Crippen LogP contribution is 2.33. The van der Waals surface area contributed by atoms with Crippen LogP contribution in [0.25, 0.3) is 11.7 Å². The number of unbranched alkanes of at least 4 members (excludes halogenated alkanes) is 2. The molecule has 2 saturated heterocycles. The number of pyridine rings is 1. The molecule has 0 bridgehead atoms. The number of amides is 1. The molecule has 1 amide bonds. The normalized spacial score (nSPS) is 18.6. The number of carbonyl (C=O) groups excluding carboxylic acids is 1. The maximum absolute atomic E-state index is 13.5. The van der Waals surface area contributed by atoms with Gasteiger partial charge in [0.2, 0.25) is 0 Å². The fraction of sp³-hybridized carbons (Fsp3) is 0.455. The van der Waals surface area contributed by atoms with Crippen molar-refractivity contribution in [3.05, 3.63) is 44.7 Å². The van der Waals surface area contributed by atoms with Crippen molar-refractivity contribution in [3.63, 3.8) is 0 Å². The lowest BCUT2D eigenvalue weighted by Crippen LogP contribution is -2.38.